The van der Waals surface area contributed by atoms with Crippen LogP contribution in [-0.4, -0.2) is 22.5 Å². The van der Waals surface area contributed by atoms with Gasteiger partial charge in [-0.05, 0) is 29.8 Å². The van der Waals surface area contributed by atoms with Gasteiger partial charge in [0.2, 0.25) is 0 Å². The van der Waals surface area contributed by atoms with Gasteiger partial charge in [0.15, 0.2) is 6.61 Å². The zero-order chi connectivity index (χ0) is 14.5. The molecule has 5 nitrogen and oxygen atoms in total. The van der Waals surface area contributed by atoms with Gasteiger partial charge in [0.05, 0.1) is 17.4 Å². The molecular weight excluding hydrogens is 266 g/mol. The van der Waals surface area contributed by atoms with Crippen molar-refractivity contribution in [1.29, 1.82) is 0 Å². The Morgan fingerprint density at radius 1 is 1.19 bits per heavy atom. The average Bonchev–Trinajstić information content (AvgIpc) is 2.99. The van der Waals surface area contributed by atoms with Gasteiger partial charge in [0.1, 0.15) is 5.75 Å². The maximum atomic E-state index is 11.7. The number of aromatic nitrogens is 2. The fraction of sp³-hybridized carbons (Fsp3) is 0.125. The molecule has 2 N–H and O–H groups in total. The van der Waals surface area contributed by atoms with E-state index in [1.807, 2.05) is 48.5 Å². The fourth-order valence-corrected chi connectivity index (χ4v) is 2.01. The molecule has 0 saturated carbocycles. The Morgan fingerprint density at radius 3 is 2.90 bits per heavy atom. The second-order valence-electron chi connectivity index (χ2n) is 4.63. The molecule has 0 aliphatic heterocycles. The van der Waals surface area contributed by atoms with Crippen molar-refractivity contribution >= 4 is 16.9 Å². The molecule has 1 heterocycles. The molecule has 1 amide bonds. The van der Waals surface area contributed by atoms with Crippen molar-refractivity contribution in [2.45, 2.75) is 6.54 Å². The first-order valence-electron chi connectivity index (χ1n) is 6.68. The summed E-state index contributed by atoms with van der Waals surface area (Å²) in [6.45, 7) is 0.474. The minimum absolute atomic E-state index is 0.0102. The van der Waals surface area contributed by atoms with Crippen molar-refractivity contribution in [2.75, 3.05) is 6.61 Å². The number of imidazole rings is 1. The number of H-pyrrole nitrogens is 1. The predicted molar refractivity (Wildman–Crippen MR) is 79.9 cm³/mol. The number of benzene rings is 2. The van der Waals surface area contributed by atoms with Gasteiger partial charge < -0.3 is 15.0 Å². The molecule has 0 saturated heterocycles. The summed E-state index contributed by atoms with van der Waals surface area (Å²) in [4.78, 5) is 18.9. The summed E-state index contributed by atoms with van der Waals surface area (Å²) in [5, 5.41) is 2.83. The number of rotatable bonds is 5. The van der Waals surface area contributed by atoms with Gasteiger partial charge in [0.25, 0.3) is 5.91 Å². The number of nitrogens with zero attached hydrogens (tertiary/aromatic N) is 1. The Balaban J connectivity index is 1.51. The van der Waals surface area contributed by atoms with E-state index in [1.54, 1.807) is 6.33 Å². The number of carbonyl (C=O) groups is 1. The molecule has 2 aromatic carbocycles. The summed E-state index contributed by atoms with van der Waals surface area (Å²) in [6, 6.07) is 15.1. The number of ether oxygens (including phenoxy) is 1. The van der Waals surface area contributed by atoms with Crippen LogP contribution in [0.15, 0.2) is 54.9 Å². The van der Waals surface area contributed by atoms with Gasteiger partial charge in [-0.15, -0.1) is 0 Å². The summed E-state index contributed by atoms with van der Waals surface area (Å²) in [5.74, 6) is 0.537. The van der Waals surface area contributed by atoms with E-state index in [-0.39, 0.29) is 12.5 Å². The Labute approximate surface area is 122 Å². The molecule has 0 bridgehead atoms. The van der Waals surface area contributed by atoms with Crippen LogP contribution in [0.4, 0.5) is 0 Å². The molecule has 0 spiro atoms. The fourth-order valence-electron chi connectivity index (χ4n) is 2.01. The second-order valence-corrected chi connectivity index (χ2v) is 4.63. The molecule has 106 valence electrons. The Hall–Kier alpha value is -2.82. The van der Waals surface area contributed by atoms with Crippen LogP contribution in [0, 0.1) is 0 Å². The summed E-state index contributed by atoms with van der Waals surface area (Å²) in [7, 11) is 0. The van der Waals surface area contributed by atoms with Crippen molar-refractivity contribution in [1.82, 2.24) is 15.3 Å². The highest BCUT2D eigenvalue weighted by Crippen LogP contribution is 2.11. The highest BCUT2D eigenvalue weighted by Gasteiger charge is 2.04. The van der Waals surface area contributed by atoms with E-state index in [4.69, 9.17) is 4.74 Å². The number of nitrogens with one attached hydrogen (secondary N) is 2. The molecule has 21 heavy (non-hydrogen) atoms. The second kappa shape index (κ2) is 6.09. The molecule has 0 aliphatic rings. The largest absolute Gasteiger partial charge is 0.484 e. The van der Waals surface area contributed by atoms with Crippen molar-refractivity contribution < 1.29 is 9.53 Å². The lowest BCUT2D eigenvalue weighted by atomic mass is 10.2. The van der Waals surface area contributed by atoms with Gasteiger partial charge in [-0.3, -0.25) is 4.79 Å². The van der Waals surface area contributed by atoms with Gasteiger partial charge in [-0.1, -0.05) is 24.3 Å². The van der Waals surface area contributed by atoms with Crippen LogP contribution in [0.3, 0.4) is 0 Å². The van der Waals surface area contributed by atoms with Crippen LogP contribution in [0.25, 0.3) is 11.0 Å². The van der Waals surface area contributed by atoms with Crippen LogP contribution in [0.1, 0.15) is 5.56 Å². The SMILES string of the molecule is O=C(COc1ccccc1)NCc1ccc2nc[nH]c2c1. The molecule has 1 aromatic heterocycles. The normalized spacial score (nSPS) is 10.5. The molecule has 0 unspecified atom stereocenters. The van der Waals surface area contributed by atoms with E-state index in [9.17, 15) is 4.79 Å². The predicted octanol–water partition coefficient (Wildman–Crippen LogP) is 2.26. The molecule has 3 rings (SSSR count). The van der Waals surface area contributed by atoms with Crippen LogP contribution < -0.4 is 10.1 Å². The van der Waals surface area contributed by atoms with Crippen LogP contribution >= 0.6 is 0 Å². The minimum atomic E-state index is -0.149. The van der Waals surface area contributed by atoms with Gasteiger partial charge in [-0.2, -0.15) is 0 Å². The Bertz CT molecular complexity index is 737. The summed E-state index contributed by atoms with van der Waals surface area (Å²) in [6.07, 6.45) is 1.65. The Kier molecular flexibility index (Phi) is 3.82. The molecular formula is C16H15N3O2. The smallest absolute Gasteiger partial charge is 0.258 e. The van der Waals surface area contributed by atoms with Crippen LogP contribution in [-0.2, 0) is 11.3 Å². The maximum Gasteiger partial charge on any atom is 0.258 e. The Morgan fingerprint density at radius 2 is 2.05 bits per heavy atom. The van der Waals surface area contributed by atoms with Crippen molar-refractivity contribution in [3.63, 3.8) is 0 Å². The van der Waals surface area contributed by atoms with E-state index in [1.165, 1.54) is 0 Å². The highest BCUT2D eigenvalue weighted by molar-refractivity contribution is 5.78. The quantitative estimate of drug-likeness (QED) is 0.754. The lowest BCUT2D eigenvalue weighted by Crippen LogP contribution is -2.28. The first-order chi connectivity index (χ1) is 10.3. The molecule has 0 atom stereocenters. The number of para-hydroxylation sites is 1. The number of carbonyl (C=O) groups excluding carboxylic acids is 1. The summed E-state index contributed by atoms with van der Waals surface area (Å²) in [5.41, 5.74) is 2.89. The van der Waals surface area contributed by atoms with Crippen molar-refractivity contribution in [2.24, 2.45) is 0 Å². The standard InChI is InChI=1S/C16H15N3O2/c20-16(10-21-13-4-2-1-3-5-13)17-9-12-6-7-14-15(8-12)19-11-18-14/h1-8,11H,9-10H2,(H,17,20)(H,18,19). The van der Waals surface area contributed by atoms with E-state index in [0.29, 0.717) is 12.3 Å². The molecule has 0 fully saturated rings. The summed E-state index contributed by atoms with van der Waals surface area (Å²) < 4.78 is 5.39. The first-order valence-corrected chi connectivity index (χ1v) is 6.68. The first kappa shape index (κ1) is 13.2. The van der Waals surface area contributed by atoms with E-state index >= 15 is 0 Å². The topological polar surface area (TPSA) is 67.0 Å². The van der Waals surface area contributed by atoms with Crippen molar-refractivity contribution in [3.05, 3.63) is 60.4 Å². The number of amides is 1. The van der Waals surface area contributed by atoms with E-state index in [0.717, 1.165) is 16.6 Å². The molecule has 3 aromatic rings. The summed E-state index contributed by atoms with van der Waals surface area (Å²) >= 11 is 0. The van der Waals surface area contributed by atoms with Gasteiger partial charge >= 0.3 is 0 Å². The zero-order valence-corrected chi connectivity index (χ0v) is 11.4. The number of fused-ring (bicyclic) bond motifs is 1. The van der Waals surface area contributed by atoms with Gasteiger partial charge in [-0.25, -0.2) is 4.98 Å². The minimum Gasteiger partial charge on any atom is -0.484 e. The number of hydrogen-bond acceptors (Lipinski definition) is 3. The van der Waals surface area contributed by atoms with Gasteiger partial charge in [0, 0.05) is 6.54 Å². The highest BCUT2D eigenvalue weighted by atomic mass is 16.5. The lowest BCUT2D eigenvalue weighted by molar-refractivity contribution is -0.123. The number of hydrogen-bond donors (Lipinski definition) is 2. The molecule has 5 heteroatoms. The number of aromatic amines is 1. The third-order valence-electron chi connectivity index (χ3n) is 3.09. The van der Waals surface area contributed by atoms with E-state index < -0.39 is 0 Å². The molecule has 0 aliphatic carbocycles. The zero-order valence-electron chi connectivity index (χ0n) is 11.4. The van der Waals surface area contributed by atoms with Crippen LogP contribution in [0.2, 0.25) is 0 Å². The third kappa shape index (κ3) is 3.39. The average molecular weight is 281 g/mol. The maximum absolute atomic E-state index is 11.7. The third-order valence-corrected chi connectivity index (χ3v) is 3.09. The molecule has 0 radical (unpaired) electrons. The lowest BCUT2D eigenvalue weighted by Gasteiger charge is -2.07. The van der Waals surface area contributed by atoms with E-state index in [2.05, 4.69) is 15.3 Å². The van der Waals surface area contributed by atoms with Crippen LogP contribution in [0.5, 0.6) is 5.75 Å². The van der Waals surface area contributed by atoms with Crippen molar-refractivity contribution in [3.8, 4) is 5.75 Å². The monoisotopic (exact) mass is 281 g/mol.